The van der Waals surface area contributed by atoms with Crippen LogP contribution in [0.1, 0.15) is 39.5 Å². The van der Waals surface area contributed by atoms with E-state index in [1.807, 2.05) is 4.90 Å². The SMILES string of the molecule is C=CC(=O)N1CCCC(BC(C)C)CCC1. The number of carbonyl (C=O) groups excluding carboxylic acids is 1. The van der Waals surface area contributed by atoms with Crippen LogP contribution in [0.15, 0.2) is 12.7 Å². The third-order valence-electron chi connectivity index (χ3n) is 3.37. The normalized spacial score (nSPS) is 19.1. The lowest BCUT2D eigenvalue weighted by atomic mass is 9.53. The molecule has 0 aromatic rings. The molecule has 1 fully saturated rings. The molecule has 0 N–H and O–H groups in total. The van der Waals surface area contributed by atoms with Crippen molar-refractivity contribution in [2.24, 2.45) is 0 Å². The molecule has 0 radical (unpaired) electrons. The van der Waals surface area contributed by atoms with Gasteiger partial charge in [-0.05, 0) is 18.9 Å². The van der Waals surface area contributed by atoms with Crippen molar-refractivity contribution in [2.45, 2.75) is 51.2 Å². The van der Waals surface area contributed by atoms with Crippen LogP contribution in [0.4, 0.5) is 0 Å². The summed E-state index contributed by atoms with van der Waals surface area (Å²) >= 11 is 0. The molecule has 0 aromatic heterocycles. The van der Waals surface area contributed by atoms with Gasteiger partial charge >= 0.3 is 0 Å². The Morgan fingerprint density at radius 1 is 1.38 bits per heavy atom. The van der Waals surface area contributed by atoms with E-state index in [1.165, 1.54) is 26.2 Å². The van der Waals surface area contributed by atoms with Gasteiger partial charge in [-0.25, -0.2) is 0 Å². The molecule has 1 aliphatic rings. The number of amides is 1. The van der Waals surface area contributed by atoms with Gasteiger partial charge in [0.2, 0.25) is 5.91 Å². The Kier molecular flexibility index (Phi) is 5.65. The van der Waals surface area contributed by atoms with Crippen molar-refractivity contribution in [2.75, 3.05) is 13.1 Å². The van der Waals surface area contributed by atoms with E-state index in [1.54, 1.807) is 0 Å². The molecular formula is C13H24BNO. The highest BCUT2D eigenvalue weighted by atomic mass is 16.2. The van der Waals surface area contributed by atoms with Gasteiger partial charge in [-0.2, -0.15) is 0 Å². The summed E-state index contributed by atoms with van der Waals surface area (Å²) in [5, 5.41) is 0. The first-order chi connectivity index (χ1) is 7.63. The fourth-order valence-electron chi connectivity index (χ4n) is 2.65. The Balaban J connectivity index is 2.37. The smallest absolute Gasteiger partial charge is 0.245 e. The van der Waals surface area contributed by atoms with Gasteiger partial charge < -0.3 is 4.90 Å². The molecule has 0 atom stereocenters. The summed E-state index contributed by atoms with van der Waals surface area (Å²) in [6.07, 6.45) is 6.29. The lowest BCUT2D eigenvalue weighted by Gasteiger charge is -2.27. The fourth-order valence-corrected chi connectivity index (χ4v) is 2.65. The Morgan fingerprint density at radius 2 is 1.94 bits per heavy atom. The first-order valence-electron chi connectivity index (χ1n) is 6.54. The number of hydrogen-bond donors (Lipinski definition) is 0. The van der Waals surface area contributed by atoms with Gasteiger partial charge in [0.05, 0.1) is 0 Å². The second-order valence-electron chi connectivity index (χ2n) is 5.31. The summed E-state index contributed by atoms with van der Waals surface area (Å²) in [4.78, 5) is 13.4. The molecule has 1 rings (SSSR count). The van der Waals surface area contributed by atoms with E-state index in [0.717, 1.165) is 37.6 Å². The van der Waals surface area contributed by atoms with Gasteiger partial charge in [0, 0.05) is 13.1 Å². The number of hydrogen-bond acceptors (Lipinski definition) is 1. The molecule has 1 amide bonds. The van der Waals surface area contributed by atoms with Gasteiger partial charge in [0.15, 0.2) is 0 Å². The molecule has 1 heterocycles. The predicted octanol–water partition coefficient (Wildman–Crippen LogP) is 2.63. The second kappa shape index (κ2) is 6.77. The largest absolute Gasteiger partial charge is 0.339 e. The van der Waals surface area contributed by atoms with Crippen molar-refractivity contribution in [3.63, 3.8) is 0 Å². The molecule has 1 aliphatic heterocycles. The first-order valence-corrected chi connectivity index (χ1v) is 6.54. The van der Waals surface area contributed by atoms with Crippen molar-refractivity contribution in [1.29, 1.82) is 0 Å². The average molecular weight is 221 g/mol. The lowest BCUT2D eigenvalue weighted by Crippen LogP contribution is -2.33. The number of rotatable bonds is 3. The van der Waals surface area contributed by atoms with E-state index in [2.05, 4.69) is 20.4 Å². The molecular weight excluding hydrogens is 197 g/mol. The first kappa shape index (κ1) is 13.3. The van der Waals surface area contributed by atoms with Gasteiger partial charge in [0.25, 0.3) is 0 Å². The number of nitrogens with zero attached hydrogens (tertiary/aromatic N) is 1. The molecule has 0 aliphatic carbocycles. The number of likely N-dealkylation sites (tertiary alicyclic amines) is 1. The zero-order valence-electron chi connectivity index (χ0n) is 10.7. The highest BCUT2D eigenvalue weighted by Gasteiger charge is 2.18. The van der Waals surface area contributed by atoms with E-state index >= 15 is 0 Å². The fraction of sp³-hybridized carbons (Fsp3) is 0.769. The van der Waals surface area contributed by atoms with Crippen molar-refractivity contribution in [3.05, 3.63) is 12.7 Å². The van der Waals surface area contributed by atoms with Crippen LogP contribution >= 0.6 is 0 Å². The molecule has 3 heteroatoms. The summed E-state index contributed by atoms with van der Waals surface area (Å²) in [6, 6.07) is 0. The zero-order valence-corrected chi connectivity index (χ0v) is 10.7. The Hall–Kier alpha value is -0.725. The number of carbonyl (C=O) groups is 1. The van der Waals surface area contributed by atoms with Gasteiger partial charge in [-0.3, -0.25) is 4.79 Å². The summed E-state index contributed by atoms with van der Waals surface area (Å²) < 4.78 is 0. The average Bonchev–Trinajstić information content (AvgIpc) is 2.20. The zero-order chi connectivity index (χ0) is 12.0. The minimum atomic E-state index is 0.0994. The van der Waals surface area contributed by atoms with E-state index in [9.17, 15) is 4.79 Å². The van der Waals surface area contributed by atoms with Crippen LogP contribution < -0.4 is 0 Å². The topological polar surface area (TPSA) is 20.3 Å². The van der Waals surface area contributed by atoms with Gasteiger partial charge in [0.1, 0.15) is 7.28 Å². The maximum Gasteiger partial charge on any atom is 0.245 e. The van der Waals surface area contributed by atoms with Crippen molar-refractivity contribution < 1.29 is 4.79 Å². The van der Waals surface area contributed by atoms with Crippen LogP contribution in [-0.4, -0.2) is 31.2 Å². The summed E-state index contributed by atoms with van der Waals surface area (Å²) in [7, 11) is 1.34. The van der Waals surface area contributed by atoms with Crippen LogP contribution in [0.5, 0.6) is 0 Å². The third-order valence-corrected chi connectivity index (χ3v) is 3.37. The molecule has 16 heavy (non-hydrogen) atoms. The Labute approximate surface area is 100 Å². The van der Waals surface area contributed by atoms with Crippen molar-refractivity contribution in [1.82, 2.24) is 4.90 Å². The van der Waals surface area contributed by atoms with E-state index in [-0.39, 0.29) is 5.91 Å². The van der Waals surface area contributed by atoms with E-state index < -0.39 is 0 Å². The molecule has 90 valence electrons. The molecule has 1 saturated heterocycles. The van der Waals surface area contributed by atoms with Crippen LogP contribution in [0.2, 0.25) is 11.6 Å². The molecule has 2 nitrogen and oxygen atoms in total. The quantitative estimate of drug-likeness (QED) is 0.530. The van der Waals surface area contributed by atoms with Crippen molar-refractivity contribution >= 4 is 13.2 Å². The second-order valence-corrected chi connectivity index (χ2v) is 5.31. The maximum atomic E-state index is 11.5. The minimum absolute atomic E-state index is 0.0994. The predicted molar refractivity (Wildman–Crippen MR) is 71.2 cm³/mol. The van der Waals surface area contributed by atoms with Crippen LogP contribution in [0, 0.1) is 0 Å². The standard InChI is InChI=1S/C13H24BNO/c1-4-13(16)15-9-5-7-12(8-6-10-15)14-11(2)3/h4,11-12,14H,1,5-10H2,2-3H3. The monoisotopic (exact) mass is 221 g/mol. The summed E-state index contributed by atoms with van der Waals surface area (Å²) in [5.74, 6) is 1.78. The molecule has 0 spiro atoms. The Morgan fingerprint density at radius 3 is 2.38 bits per heavy atom. The van der Waals surface area contributed by atoms with Crippen molar-refractivity contribution in [3.8, 4) is 0 Å². The summed E-state index contributed by atoms with van der Waals surface area (Å²) in [5.41, 5.74) is 0. The minimum Gasteiger partial charge on any atom is -0.339 e. The van der Waals surface area contributed by atoms with E-state index in [4.69, 9.17) is 0 Å². The van der Waals surface area contributed by atoms with Crippen LogP contribution in [0.25, 0.3) is 0 Å². The highest BCUT2D eigenvalue weighted by Crippen LogP contribution is 2.25. The van der Waals surface area contributed by atoms with Gasteiger partial charge in [-0.1, -0.05) is 44.9 Å². The molecule has 0 saturated carbocycles. The van der Waals surface area contributed by atoms with Crippen LogP contribution in [0.3, 0.4) is 0 Å². The third kappa shape index (κ3) is 4.42. The summed E-state index contributed by atoms with van der Waals surface area (Å²) in [6.45, 7) is 9.98. The Bertz CT molecular complexity index is 230. The maximum absolute atomic E-state index is 11.5. The highest BCUT2D eigenvalue weighted by molar-refractivity contribution is 6.39. The van der Waals surface area contributed by atoms with Gasteiger partial charge in [-0.15, -0.1) is 0 Å². The molecule has 0 unspecified atom stereocenters. The molecule has 0 aromatic carbocycles. The van der Waals surface area contributed by atoms with E-state index in [0.29, 0.717) is 0 Å². The van der Waals surface area contributed by atoms with Crippen LogP contribution in [-0.2, 0) is 4.79 Å². The lowest BCUT2D eigenvalue weighted by molar-refractivity contribution is -0.126. The molecule has 0 bridgehead atoms.